The van der Waals surface area contributed by atoms with Crippen molar-refractivity contribution in [2.45, 2.75) is 26.8 Å². The molecule has 174 valence electrons. The maximum absolute atomic E-state index is 13.7. The molecule has 8 heteroatoms. The predicted octanol–water partition coefficient (Wildman–Crippen LogP) is 4.65. The van der Waals surface area contributed by atoms with E-state index in [2.05, 4.69) is 31.9 Å². The van der Waals surface area contributed by atoms with Crippen molar-refractivity contribution in [1.82, 2.24) is 24.6 Å². The van der Waals surface area contributed by atoms with Crippen molar-refractivity contribution in [2.75, 3.05) is 26.2 Å². The quantitative estimate of drug-likeness (QED) is 0.433. The minimum absolute atomic E-state index is 0.00700. The van der Waals surface area contributed by atoms with Gasteiger partial charge in [0, 0.05) is 42.7 Å². The van der Waals surface area contributed by atoms with Gasteiger partial charge in [0.2, 0.25) is 0 Å². The number of carbonyl (C=O) groups excluding carboxylic acids is 2. The Morgan fingerprint density at radius 1 is 0.941 bits per heavy atom. The van der Waals surface area contributed by atoms with Gasteiger partial charge < -0.3 is 9.80 Å². The molecule has 0 radical (unpaired) electrons. The third kappa shape index (κ3) is 4.09. The molecule has 1 fully saturated rings. The van der Waals surface area contributed by atoms with E-state index in [1.807, 2.05) is 56.9 Å². The number of fused-ring (bicyclic) bond motifs is 1. The van der Waals surface area contributed by atoms with Gasteiger partial charge in [0.05, 0.1) is 27.7 Å². The van der Waals surface area contributed by atoms with Crippen molar-refractivity contribution in [1.29, 1.82) is 0 Å². The van der Waals surface area contributed by atoms with Crippen LogP contribution >= 0.6 is 11.3 Å². The average Bonchev–Trinajstić information content (AvgIpc) is 3.49. The fraction of sp³-hybridized carbons (Fsp3) is 0.308. The number of rotatable bonds is 4. The highest BCUT2D eigenvalue weighted by Crippen LogP contribution is 2.31. The zero-order valence-electron chi connectivity index (χ0n) is 19.6. The molecule has 0 unspecified atom stereocenters. The minimum Gasteiger partial charge on any atom is -0.335 e. The van der Waals surface area contributed by atoms with E-state index >= 15 is 0 Å². The van der Waals surface area contributed by atoms with Crippen molar-refractivity contribution in [2.24, 2.45) is 0 Å². The third-order valence-electron chi connectivity index (χ3n) is 6.15. The molecule has 0 bridgehead atoms. The van der Waals surface area contributed by atoms with Crippen LogP contribution in [0.4, 0.5) is 0 Å². The normalized spacial score (nSPS) is 14.2. The van der Waals surface area contributed by atoms with Crippen LogP contribution in [0.1, 0.15) is 45.5 Å². The lowest BCUT2D eigenvalue weighted by Gasteiger charge is -2.35. The molecular formula is C26H27N5O2S. The van der Waals surface area contributed by atoms with Crippen molar-refractivity contribution in [3.8, 4) is 10.6 Å². The largest absolute Gasteiger partial charge is 0.335 e. The first-order valence-electron chi connectivity index (χ1n) is 11.5. The molecule has 34 heavy (non-hydrogen) atoms. The molecule has 0 aliphatic carbocycles. The van der Waals surface area contributed by atoms with Gasteiger partial charge in [-0.05, 0) is 51.1 Å². The summed E-state index contributed by atoms with van der Waals surface area (Å²) in [7, 11) is 0. The van der Waals surface area contributed by atoms with E-state index in [-0.39, 0.29) is 17.9 Å². The first-order chi connectivity index (χ1) is 16.4. The highest BCUT2D eigenvalue weighted by Gasteiger charge is 2.28. The van der Waals surface area contributed by atoms with E-state index in [4.69, 9.17) is 4.98 Å². The Bertz CT molecular complexity index is 1350. The lowest BCUT2D eigenvalue weighted by atomic mass is 10.1. The molecule has 3 aromatic heterocycles. The van der Waals surface area contributed by atoms with Gasteiger partial charge in [-0.3, -0.25) is 9.59 Å². The van der Waals surface area contributed by atoms with E-state index in [0.29, 0.717) is 37.3 Å². The van der Waals surface area contributed by atoms with Gasteiger partial charge in [-0.15, -0.1) is 11.3 Å². The Balaban J connectivity index is 1.43. The summed E-state index contributed by atoms with van der Waals surface area (Å²) in [5, 5.41) is 5.29. The van der Waals surface area contributed by atoms with Gasteiger partial charge in [-0.1, -0.05) is 18.2 Å². The summed E-state index contributed by atoms with van der Waals surface area (Å²) in [5.74, 6) is -0.0374. The van der Waals surface area contributed by atoms with Gasteiger partial charge in [0.25, 0.3) is 11.8 Å². The molecule has 0 spiro atoms. The fourth-order valence-electron chi connectivity index (χ4n) is 4.32. The summed E-state index contributed by atoms with van der Waals surface area (Å²) in [4.78, 5) is 37.2. The van der Waals surface area contributed by atoms with Gasteiger partial charge >= 0.3 is 0 Å². The maximum atomic E-state index is 13.7. The van der Waals surface area contributed by atoms with Crippen LogP contribution in [-0.2, 0) is 0 Å². The minimum atomic E-state index is -0.0444. The van der Waals surface area contributed by atoms with Crippen molar-refractivity contribution in [3.05, 3.63) is 70.7 Å². The second-order valence-electron chi connectivity index (χ2n) is 8.84. The highest BCUT2D eigenvalue weighted by atomic mass is 32.1. The number of aromatic nitrogens is 3. The lowest BCUT2D eigenvalue weighted by Crippen LogP contribution is -2.50. The number of thiophene rings is 1. The molecule has 5 rings (SSSR count). The molecule has 2 amide bonds. The molecule has 7 nitrogen and oxygen atoms in total. The van der Waals surface area contributed by atoms with Crippen molar-refractivity contribution >= 4 is 34.2 Å². The number of carbonyl (C=O) groups is 2. The molecule has 4 aromatic rings. The Kier molecular flexibility index (Phi) is 5.91. The van der Waals surface area contributed by atoms with E-state index in [0.717, 1.165) is 21.6 Å². The molecule has 1 aliphatic rings. The first-order valence-corrected chi connectivity index (χ1v) is 12.3. The SMILES string of the molecule is Cc1ccc(-c2cc(C(=O)N3CCN(C(=O)c4ccccc4)CC3)c3cnn(C(C)C)c3n2)s1. The number of hydrogen-bond donors (Lipinski definition) is 0. The molecule has 1 aliphatic heterocycles. The van der Waals surface area contributed by atoms with Gasteiger partial charge in [-0.25, -0.2) is 9.67 Å². The summed E-state index contributed by atoms with van der Waals surface area (Å²) in [6, 6.07) is 15.4. The Morgan fingerprint density at radius 2 is 1.62 bits per heavy atom. The first kappa shape index (κ1) is 22.3. The summed E-state index contributed by atoms with van der Waals surface area (Å²) in [5.41, 5.74) is 2.80. The average molecular weight is 474 g/mol. The molecule has 1 aromatic carbocycles. The van der Waals surface area contributed by atoms with E-state index < -0.39 is 0 Å². The number of benzene rings is 1. The number of hydrogen-bond acceptors (Lipinski definition) is 5. The van der Waals surface area contributed by atoms with Crippen LogP contribution in [0.25, 0.3) is 21.6 Å². The summed E-state index contributed by atoms with van der Waals surface area (Å²) in [6.45, 7) is 8.18. The Labute approximate surface area is 202 Å². The predicted molar refractivity (Wildman–Crippen MR) is 134 cm³/mol. The lowest BCUT2D eigenvalue weighted by molar-refractivity contribution is 0.0536. The molecule has 0 N–H and O–H groups in total. The van der Waals surface area contributed by atoms with Crippen molar-refractivity contribution < 1.29 is 9.59 Å². The third-order valence-corrected chi connectivity index (χ3v) is 7.18. The van der Waals surface area contributed by atoms with Crippen LogP contribution in [0.3, 0.4) is 0 Å². The summed E-state index contributed by atoms with van der Waals surface area (Å²) >= 11 is 1.66. The Morgan fingerprint density at radius 3 is 2.24 bits per heavy atom. The van der Waals surface area contributed by atoms with Gasteiger partial charge in [0.1, 0.15) is 0 Å². The van der Waals surface area contributed by atoms with Crippen LogP contribution in [0.2, 0.25) is 0 Å². The smallest absolute Gasteiger partial charge is 0.254 e. The number of pyridine rings is 1. The van der Waals surface area contributed by atoms with Crippen LogP contribution in [0, 0.1) is 6.92 Å². The van der Waals surface area contributed by atoms with E-state index in [1.54, 1.807) is 17.5 Å². The summed E-state index contributed by atoms with van der Waals surface area (Å²) < 4.78 is 1.87. The van der Waals surface area contributed by atoms with E-state index in [1.165, 1.54) is 4.88 Å². The standard InChI is InChI=1S/C26H27N5O2S/c1-17(2)31-24-21(16-27-31)20(15-22(28-24)23-10-9-18(3)34-23)26(33)30-13-11-29(12-14-30)25(32)19-7-5-4-6-8-19/h4-10,15-17H,11-14H2,1-3H3. The molecule has 4 heterocycles. The Hall–Kier alpha value is -3.52. The number of nitrogens with zero attached hydrogens (tertiary/aromatic N) is 5. The van der Waals surface area contributed by atoms with Crippen molar-refractivity contribution in [3.63, 3.8) is 0 Å². The zero-order valence-corrected chi connectivity index (χ0v) is 20.4. The molecule has 0 saturated carbocycles. The van der Waals surface area contributed by atoms with Crippen LogP contribution in [0.5, 0.6) is 0 Å². The number of aryl methyl sites for hydroxylation is 1. The molecular weight excluding hydrogens is 446 g/mol. The molecule has 0 atom stereocenters. The van der Waals surface area contributed by atoms with Crippen LogP contribution in [0.15, 0.2) is 54.7 Å². The number of piperazine rings is 1. The van der Waals surface area contributed by atoms with Crippen LogP contribution in [-0.4, -0.2) is 62.6 Å². The second-order valence-corrected chi connectivity index (χ2v) is 10.1. The number of amides is 2. The van der Waals surface area contributed by atoms with Gasteiger partial charge in [0.15, 0.2) is 5.65 Å². The second kappa shape index (κ2) is 9.02. The van der Waals surface area contributed by atoms with Crippen LogP contribution < -0.4 is 0 Å². The van der Waals surface area contributed by atoms with E-state index in [9.17, 15) is 9.59 Å². The highest BCUT2D eigenvalue weighted by molar-refractivity contribution is 7.15. The maximum Gasteiger partial charge on any atom is 0.254 e. The zero-order chi connectivity index (χ0) is 23.8. The molecule has 1 saturated heterocycles. The monoisotopic (exact) mass is 473 g/mol. The van der Waals surface area contributed by atoms with Gasteiger partial charge in [-0.2, -0.15) is 5.10 Å². The topological polar surface area (TPSA) is 71.3 Å². The summed E-state index contributed by atoms with van der Waals surface area (Å²) in [6.07, 6.45) is 1.74. The fourth-order valence-corrected chi connectivity index (χ4v) is 5.15.